The van der Waals surface area contributed by atoms with Crippen molar-refractivity contribution in [3.05, 3.63) is 42.1 Å². The molecule has 2 aromatic heterocycles. The van der Waals surface area contributed by atoms with E-state index in [9.17, 15) is 5.11 Å². The van der Waals surface area contributed by atoms with Crippen LogP contribution >= 0.6 is 0 Å². The Balaban J connectivity index is 1.24. The molecule has 0 amide bonds. The molecule has 4 aromatic rings. The van der Waals surface area contributed by atoms with Crippen LogP contribution in [0.25, 0.3) is 33.2 Å². The van der Waals surface area contributed by atoms with Gasteiger partial charge in [0.25, 0.3) is 0 Å². The maximum Gasteiger partial charge on any atom is 0.320 e. The van der Waals surface area contributed by atoms with Crippen molar-refractivity contribution in [3.63, 3.8) is 0 Å². The van der Waals surface area contributed by atoms with E-state index in [1.165, 1.54) is 25.7 Å². The highest BCUT2D eigenvalue weighted by molar-refractivity contribution is 6.01. The van der Waals surface area contributed by atoms with Gasteiger partial charge in [0.15, 0.2) is 11.5 Å². The molecule has 2 atom stereocenters. The first-order chi connectivity index (χ1) is 20.1. The quantitative estimate of drug-likeness (QED) is 0.361. The van der Waals surface area contributed by atoms with Gasteiger partial charge in [-0.05, 0) is 75.2 Å². The van der Waals surface area contributed by atoms with Gasteiger partial charge in [0.2, 0.25) is 0 Å². The van der Waals surface area contributed by atoms with E-state index in [0.717, 1.165) is 66.6 Å². The van der Waals surface area contributed by atoms with Crippen molar-refractivity contribution in [2.75, 3.05) is 37.7 Å². The highest BCUT2D eigenvalue weighted by Crippen LogP contribution is 2.40. The minimum Gasteiger partial charge on any atom is -0.508 e. The molecule has 4 fully saturated rings. The summed E-state index contributed by atoms with van der Waals surface area (Å²) in [6.45, 7) is 4.63. The summed E-state index contributed by atoms with van der Waals surface area (Å²) in [6.07, 6.45) is 14.8. The van der Waals surface area contributed by atoms with E-state index in [0.29, 0.717) is 41.7 Å². The average molecular weight is 548 g/mol. The summed E-state index contributed by atoms with van der Waals surface area (Å²) < 4.78 is 6.44. The van der Waals surface area contributed by atoms with Gasteiger partial charge in [-0.25, -0.2) is 9.97 Å². The first kappa shape index (κ1) is 24.8. The first-order valence-electron chi connectivity index (χ1n) is 14.7. The first-order valence-corrected chi connectivity index (χ1v) is 14.7. The highest BCUT2D eigenvalue weighted by atomic mass is 16.5. The van der Waals surface area contributed by atoms with Crippen LogP contribution in [0.2, 0.25) is 0 Å². The fourth-order valence-corrected chi connectivity index (χ4v) is 7.66. The molecule has 4 saturated heterocycles. The maximum atomic E-state index is 10.5. The number of hydrogen-bond acceptors (Lipinski definition) is 9. The van der Waals surface area contributed by atoms with Crippen molar-refractivity contribution in [1.82, 2.24) is 30.2 Å². The zero-order chi connectivity index (χ0) is 27.6. The lowest BCUT2D eigenvalue weighted by molar-refractivity contribution is 0.108. The van der Waals surface area contributed by atoms with E-state index in [1.54, 1.807) is 12.1 Å². The number of aromatic hydroxyl groups is 1. The van der Waals surface area contributed by atoms with Gasteiger partial charge in [-0.3, -0.25) is 4.90 Å². The molecule has 2 bridgehead atoms. The number of aromatic nitrogens is 4. The number of phenolic OH excluding ortho intramolecular Hbond substituents is 1. The summed E-state index contributed by atoms with van der Waals surface area (Å²) in [7, 11) is 0. The van der Waals surface area contributed by atoms with E-state index in [1.807, 2.05) is 24.4 Å². The summed E-state index contributed by atoms with van der Waals surface area (Å²) in [5.74, 6) is 4.18. The number of fused-ring (bicyclic) bond motifs is 5. The molecular weight excluding hydrogens is 514 g/mol. The van der Waals surface area contributed by atoms with Crippen molar-refractivity contribution in [3.8, 4) is 35.5 Å². The Hall–Kier alpha value is -4.00. The molecule has 6 heterocycles. The molecule has 0 saturated carbocycles. The molecule has 41 heavy (non-hydrogen) atoms. The standard InChI is InChI=1S/C32H33N7O2/c1-2-20-6-3-7-21-14-24(40)15-25(27(20)21)28-33-16-26-29(35-28)36-31(41-19-32-10-4-12-39(32)13-5-11-32)37-30(26)38-17-22-8-9-23(18-38)34-22/h1,3,6-7,14-16,22-23,34,40H,4-5,8-13,17-19H2. The van der Waals surface area contributed by atoms with Gasteiger partial charge in [-0.15, -0.1) is 6.42 Å². The highest BCUT2D eigenvalue weighted by Gasteiger charge is 2.45. The largest absolute Gasteiger partial charge is 0.508 e. The molecule has 0 spiro atoms. The van der Waals surface area contributed by atoms with Crippen LogP contribution in [-0.2, 0) is 0 Å². The van der Waals surface area contributed by atoms with Crippen LogP contribution in [0.4, 0.5) is 5.82 Å². The van der Waals surface area contributed by atoms with Crippen LogP contribution in [0.5, 0.6) is 11.8 Å². The topological polar surface area (TPSA) is 99.5 Å². The van der Waals surface area contributed by atoms with Crippen molar-refractivity contribution in [1.29, 1.82) is 0 Å². The van der Waals surface area contributed by atoms with Crippen molar-refractivity contribution >= 4 is 27.6 Å². The lowest BCUT2D eigenvalue weighted by Crippen LogP contribution is -2.51. The molecule has 8 rings (SSSR count). The Kier molecular flexibility index (Phi) is 5.76. The maximum absolute atomic E-state index is 10.5. The number of nitrogens with zero attached hydrogens (tertiary/aromatic N) is 6. The Morgan fingerprint density at radius 2 is 1.88 bits per heavy atom. The number of hydrogen-bond donors (Lipinski definition) is 2. The van der Waals surface area contributed by atoms with Crippen LogP contribution in [0.3, 0.4) is 0 Å². The zero-order valence-electron chi connectivity index (χ0n) is 23.0. The lowest BCUT2D eigenvalue weighted by Gasteiger charge is -2.34. The molecule has 4 aliphatic rings. The van der Waals surface area contributed by atoms with Gasteiger partial charge in [-0.2, -0.15) is 9.97 Å². The number of nitrogens with one attached hydrogen (secondary N) is 1. The SMILES string of the molecule is C#Cc1cccc2cc(O)cc(-c3ncc4c(N5CC6CCC(C5)N6)nc(OCC56CCCN5CCC6)nc4n3)c12. The smallest absolute Gasteiger partial charge is 0.320 e. The van der Waals surface area contributed by atoms with Gasteiger partial charge in [0.1, 0.15) is 18.2 Å². The Morgan fingerprint density at radius 3 is 2.66 bits per heavy atom. The Labute approximate surface area is 239 Å². The fourth-order valence-electron chi connectivity index (χ4n) is 7.66. The van der Waals surface area contributed by atoms with E-state index in [2.05, 4.69) is 21.0 Å². The summed E-state index contributed by atoms with van der Waals surface area (Å²) in [5.41, 5.74) is 2.02. The molecule has 0 radical (unpaired) electrons. The van der Waals surface area contributed by atoms with Gasteiger partial charge >= 0.3 is 6.01 Å². The van der Waals surface area contributed by atoms with Gasteiger partial charge in [-0.1, -0.05) is 18.1 Å². The third-order valence-electron chi connectivity index (χ3n) is 9.57. The molecule has 9 heteroatoms. The monoisotopic (exact) mass is 547 g/mol. The predicted octanol–water partition coefficient (Wildman–Crippen LogP) is 3.87. The van der Waals surface area contributed by atoms with Crippen molar-refractivity contribution < 1.29 is 9.84 Å². The van der Waals surface area contributed by atoms with E-state index >= 15 is 0 Å². The summed E-state index contributed by atoms with van der Waals surface area (Å²) in [4.78, 5) is 24.5. The van der Waals surface area contributed by atoms with Crippen LogP contribution in [0.1, 0.15) is 44.1 Å². The van der Waals surface area contributed by atoms with Crippen LogP contribution < -0.4 is 15.0 Å². The molecule has 0 aliphatic carbocycles. The number of phenols is 1. The van der Waals surface area contributed by atoms with Crippen LogP contribution in [0, 0.1) is 12.3 Å². The molecular formula is C32H33N7O2. The second kappa shape index (κ2) is 9.54. The Morgan fingerprint density at radius 1 is 1.07 bits per heavy atom. The molecule has 2 N–H and O–H groups in total. The molecule has 208 valence electrons. The number of terminal acetylenes is 1. The normalized spacial score (nSPS) is 23.2. The summed E-state index contributed by atoms with van der Waals surface area (Å²) >= 11 is 0. The van der Waals surface area contributed by atoms with E-state index in [-0.39, 0.29) is 11.3 Å². The second-order valence-electron chi connectivity index (χ2n) is 12.1. The summed E-state index contributed by atoms with van der Waals surface area (Å²) in [5, 5.41) is 16.7. The van der Waals surface area contributed by atoms with E-state index in [4.69, 9.17) is 31.1 Å². The van der Waals surface area contributed by atoms with Crippen molar-refractivity contribution in [2.24, 2.45) is 0 Å². The average Bonchev–Trinajstić information content (AvgIpc) is 3.68. The fraction of sp³-hybridized carbons (Fsp3) is 0.438. The zero-order valence-corrected chi connectivity index (χ0v) is 23.0. The third-order valence-corrected chi connectivity index (χ3v) is 9.57. The predicted molar refractivity (Wildman–Crippen MR) is 158 cm³/mol. The third kappa shape index (κ3) is 4.16. The minimum absolute atomic E-state index is 0.0928. The lowest BCUT2D eigenvalue weighted by atomic mass is 9.95. The second-order valence-corrected chi connectivity index (χ2v) is 12.1. The number of benzene rings is 2. The van der Waals surface area contributed by atoms with Gasteiger partial charge in [0.05, 0.1) is 10.9 Å². The summed E-state index contributed by atoms with van der Waals surface area (Å²) in [6, 6.07) is 10.4. The Bertz CT molecular complexity index is 1690. The number of ether oxygens (including phenoxy) is 1. The van der Waals surface area contributed by atoms with Gasteiger partial charge < -0.3 is 20.1 Å². The number of piperazine rings is 1. The van der Waals surface area contributed by atoms with Crippen molar-refractivity contribution in [2.45, 2.75) is 56.1 Å². The molecule has 4 aliphatic heterocycles. The number of anilines is 1. The van der Waals surface area contributed by atoms with Gasteiger partial charge in [0, 0.05) is 47.9 Å². The minimum atomic E-state index is 0.0928. The van der Waals surface area contributed by atoms with E-state index < -0.39 is 0 Å². The van der Waals surface area contributed by atoms with Crippen LogP contribution in [0.15, 0.2) is 36.5 Å². The molecule has 2 aromatic carbocycles. The number of rotatable bonds is 5. The van der Waals surface area contributed by atoms with Crippen LogP contribution in [-0.4, -0.2) is 80.4 Å². The molecule has 9 nitrogen and oxygen atoms in total. The molecule has 2 unspecified atom stereocenters.